The zero-order valence-corrected chi connectivity index (χ0v) is 21.9. The Bertz CT molecular complexity index is 1540. The smallest absolute Gasteiger partial charge is 0.337 e. The number of aromatic amines is 1. The number of anilines is 1. The summed E-state index contributed by atoms with van der Waals surface area (Å²) in [5, 5.41) is 13.1. The molecule has 0 aliphatic heterocycles. The van der Waals surface area contributed by atoms with Crippen LogP contribution >= 0.6 is 11.6 Å². The van der Waals surface area contributed by atoms with E-state index in [4.69, 9.17) is 16.7 Å². The molecule has 2 aromatic heterocycles. The highest BCUT2D eigenvalue weighted by Gasteiger charge is 2.29. The van der Waals surface area contributed by atoms with Crippen LogP contribution in [0.3, 0.4) is 0 Å². The molecule has 198 valence electrons. The van der Waals surface area contributed by atoms with Gasteiger partial charge in [0.25, 0.3) is 0 Å². The van der Waals surface area contributed by atoms with Crippen molar-refractivity contribution in [2.45, 2.75) is 38.0 Å². The van der Waals surface area contributed by atoms with Gasteiger partial charge >= 0.3 is 5.97 Å². The highest BCUT2D eigenvalue weighted by atomic mass is 35.5. The largest absolute Gasteiger partial charge is 0.478 e. The fourth-order valence-corrected chi connectivity index (χ4v) is 5.49. The molecule has 2 aromatic carbocycles. The first kappa shape index (κ1) is 26.4. The van der Waals surface area contributed by atoms with Gasteiger partial charge in [0.15, 0.2) is 5.78 Å². The van der Waals surface area contributed by atoms with Gasteiger partial charge in [-0.2, -0.15) is 0 Å². The van der Waals surface area contributed by atoms with Crippen molar-refractivity contribution in [2.24, 2.45) is 5.92 Å². The normalized spacial score (nSPS) is 14.6. The topological polar surface area (TPSA) is 112 Å². The molecular weight excluding hydrogens is 514 g/mol. The van der Waals surface area contributed by atoms with E-state index in [1.807, 2.05) is 36.5 Å². The maximum atomic E-state index is 13.6. The van der Waals surface area contributed by atoms with Crippen LogP contribution in [0.4, 0.5) is 5.82 Å². The number of carboxylic acid groups (broad SMARTS) is 1. The Balaban J connectivity index is 1.43. The molecule has 1 aliphatic carbocycles. The monoisotopic (exact) mass is 541 g/mol. The van der Waals surface area contributed by atoms with Crippen LogP contribution in [0.1, 0.15) is 69.9 Å². The second-order valence-electron chi connectivity index (χ2n) is 9.90. The standard InChI is InChI=1S/C31H28ClN3O4/c32-26-15-22-25(18-33-27(22)16-24(26)28(36)12-10-19-6-2-1-3-7-19)23(14-20-8-4-5-9-20)30(37)35-29-13-11-21(17-34-29)31(38)39/h1-3,6-7,10-13,15-18,20,23,33H,4-5,8-9,14H2,(H,38,39)(H,34,35,37)/b12-10+. The molecule has 0 radical (unpaired) electrons. The number of amides is 1. The molecule has 0 saturated heterocycles. The number of carbonyl (C=O) groups excluding carboxylic acids is 2. The first-order valence-corrected chi connectivity index (χ1v) is 13.3. The van der Waals surface area contributed by atoms with E-state index < -0.39 is 11.9 Å². The Morgan fingerprint density at radius 1 is 1.10 bits per heavy atom. The van der Waals surface area contributed by atoms with Crippen LogP contribution in [0.2, 0.25) is 5.02 Å². The maximum Gasteiger partial charge on any atom is 0.337 e. The Labute approximate surface area is 230 Å². The second-order valence-corrected chi connectivity index (χ2v) is 10.3. The summed E-state index contributed by atoms with van der Waals surface area (Å²) in [5.74, 6) is -1.27. The number of hydrogen-bond acceptors (Lipinski definition) is 4. The molecule has 2 heterocycles. The molecule has 1 saturated carbocycles. The van der Waals surface area contributed by atoms with Gasteiger partial charge in [-0.25, -0.2) is 9.78 Å². The molecule has 1 aliphatic rings. The van der Waals surface area contributed by atoms with Crippen LogP contribution in [-0.2, 0) is 4.79 Å². The molecule has 1 atom stereocenters. The maximum absolute atomic E-state index is 13.6. The van der Waals surface area contributed by atoms with E-state index in [1.54, 1.807) is 18.2 Å². The van der Waals surface area contributed by atoms with Crippen molar-refractivity contribution in [3.63, 3.8) is 0 Å². The summed E-state index contributed by atoms with van der Waals surface area (Å²) in [4.78, 5) is 45.0. The van der Waals surface area contributed by atoms with E-state index in [9.17, 15) is 14.4 Å². The minimum atomic E-state index is -1.08. The average Bonchev–Trinajstić information content (AvgIpc) is 3.60. The first-order chi connectivity index (χ1) is 18.9. The minimum absolute atomic E-state index is 0.0470. The summed E-state index contributed by atoms with van der Waals surface area (Å²) in [7, 11) is 0. The van der Waals surface area contributed by atoms with Crippen LogP contribution in [0.25, 0.3) is 17.0 Å². The Morgan fingerprint density at radius 3 is 2.56 bits per heavy atom. The summed E-state index contributed by atoms with van der Waals surface area (Å²) in [6.07, 6.45) is 11.4. The zero-order chi connectivity index (χ0) is 27.4. The fraction of sp³-hybridized carbons (Fsp3) is 0.226. The number of rotatable bonds is 9. The lowest BCUT2D eigenvalue weighted by atomic mass is 9.86. The van der Waals surface area contributed by atoms with Crippen molar-refractivity contribution in [1.82, 2.24) is 9.97 Å². The van der Waals surface area contributed by atoms with E-state index in [1.165, 1.54) is 24.4 Å². The van der Waals surface area contributed by atoms with E-state index in [0.717, 1.165) is 47.7 Å². The van der Waals surface area contributed by atoms with Gasteiger partial charge in [-0.05, 0) is 53.8 Å². The molecule has 7 nitrogen and oxygen atoms in total. The number of aromatic nitrogens is 2. The summed E-state index contributed by atoms with van der Waals surface area (Å²) in [6, 6.07) is 15.9. The van der Waals surface area contributed by atoms with E-state index in [-0.39, 0.29) is 23.1 Å². The SMILES string of the molecule is O=C(O)c1ccc(NC(=O)C(CC2CCCC2)c2c[nH]c3cc(C(=O)/C=C/c4ccccc4)c(Cl)cc23)nc1. The highest BCUT2D eigenvalue weighted by Crippen LogP contribution is 2.38. The van der Waals surface area contributed by atoms with Gasteiger partial charge in [0.05, 0.1) is 16.5 Å². The number of carbonyl (C=O) groups is 3. The van der Waals surface area contributed by atoms with Gasteiger partial charge in [0.2, 0.25) is 5.91 Å². The molecule has 1 unspecified atom stereocenters. The predicted molar refractivity (Wildman–Crippen MR) is 152 cm³/mol. The molecule has 1 amide bonds. The minimum Gasteiger partial charge on any atom is -0.478 e. The van der Waals surface area contributed by atoms with Gasteiger partial charge in [-0.1, -0.05) is 73.7 Å². The Morgan fingerprint density at radius 2 is 1.87 bits per heavy atom. The summed E-state index contributed by atoms with van der Waals surface area (Å²) in [5.41, 5.74) is 2.87. The number of nitrogens with zero attached hydrogens (tertiary/aromatic N) is 1. The third kappa shape index (κ3) is 6.10. The van der Waals surface area contributed by atoms with Crippen LogP contribution < -0.4 is 5.32 Å². The lowest BCUT2D eigenvalue weighted by Crippen LogP contribution is -2.23. The van der Waals surface area contributed by atoms with Gasteiger partial charge in [0, 0.05) is 28.9 Å². The quantitative estimate of drug-likeness (QED) is 0.154. The summed E-state index contributed by atoms with van der Waals surface area (Å²) in [6.45, 7) is 0. The molecule has 4 aromatic rings. The van der Waals surface area contributed by atoms with Gasteiger partial charge in [0.1, 0.15) is 5.82 Å². The number of hydrogen-bond donors (Lipinski definition) is 3. The lowest BCUT2D eigenvalue weighted by Gasteiger charge is -2.20. The molecule has 8 heteroatoms. The summed E-state index contributed by atoms with van der Waals surface area (Å²) >= 11 is 6.61. The molecule has 1 fully saturated rings. The van der Waals surface area contributed by atoms with E-state index in [0.29, 0.717) is 22.9 Å². The van der Waals surface area contributed by atoms with Crippen molar-refractivity contribution >= 4 is 52.1 Å². The molecule has 39 heavy (non-hydrogen) atoms. The van der Waals surface area contributed by atoms with Crippen molar-refractivity contribution in [3.05, 3.63) is 100 Å². The number of allylic oxidation sites excluding steroid dienone is 1. The van der Waals surface area contributed by atoms with Crippen molar-refractivity contribution < 1.29 is 19.5 Å². The van der Waals surface area contributed by atoms with Crippen LogP contribution in [-0.4, -0.2) is 32.7 Å². The third-order valence-electron chi connectivity index (χ3n) is 7.29. The van der Waals surface area contributed by atoms with Gasteiger partial charge < -0.3 is 15.4 Å². The molecular formula is C31H28ClN3O4. The number of fused-ring (bicyclic) bond motifs is 1. The van der Waals surface area contributed by atoms with Gasteiger partial charge in [-0.15, -0.1) is 0 Å². The Kier molecular flexibility index (Phi) is 7.89. The van der Waals surface area contributed by atoms with Crippen molar-refractivity contribution in [1.29, 1.82) is 0 Å². The van der Waals surface area contributed by atoms with Crippen LogP contribution in [0.15, 0.2) is 73.1 Å². The molecule has 0 bridgehead atoms. The molecule has 0 spiro atoms. The molecule has 5 rings (SSSR count). The van der Waals surface area contributed by atoms with E-state index in [2.05, 4.69) is 15.3 Å². The summed E-state index contributed by atoms with van der Waals surface area (Å²) < 4.78 is 0. The van der Waals surface area contributed by atoms with Crippen molar-refractivity contribution in [3.8, 4) is 0 Å². The molecule has 3 N–H and O–H groups in total. The van der Waals surface area contributed by atoms with E-state index >= 15 is 0 Å². The highest BCUT2D eigenvalue weighted by molar-refractivity contribution is 6.35. The lowest BCUT2D eigenvalue weighted by molar-refractivity contribution is -0.118. The van der Waals surface area contributed by atoms with Crippen molar-refractivity contribution in [2.75, 3.05) is 5.32 Å². The predicted octanol–water partition coefficient (Wildman–Crippen LogP) is 7.11. The first-order valence-electron chi connectivity index (χ1n) is 13.0. The van der Waals surface area contributed by atoms with Crippen LogP contribution in [0, 0.1) is 5.92 Å². The second kappa shape index (κ2) is 11.7. The number of carboxylic acids is 1. The number of H-pyrrole nitrogens is 1. The zero-order valence-electron chi connectivity index (χ0n) is 21.2. The van der Waals surface area contributed by atoms with Crippen LogP contribution in [0.5, 0.6) is 0 Å². The number of ketones is 1. The fourth-order valence-electron chi connectivity index (χ4n) is 5.23. The number of aromatic carboxylic acids is 1. The number of pyridine rings is 1. The van der Waals surface area contributed by atoms with Gasteiger partial charge in [-0.3, -0.25) is 9.59 Å². The average molecular weight is 542 g/mol. The Hall–Kier alpha value is -4.23. The number of halogens is 1. The third-order valence-corrected chi connectivity index (χ3v) is 7.60. The number of nitrogens with one attached hydrogen (secondary N) is 2. The number of benzene rings is 2.